The van der Waals surface area contributed by atoms with E-state index in [-0.39, 0.29) is 13.2 Å². The zero-order valence-electron chi connectivity index (χ0n) is 12.4. The Kier molecular flexibility index (Phi) is 10.3. The summed E-state index contributed by atoms with van der Waals surface area (Å²) < 4.78 is 4.78. The van der Waals surface area contributed by atoms with E-state index >= 15 is 0 Å². The first-order valence-electron chi connectivity index (χ1n) is 6.63. The van der Waals surface area contributed by atoms with E-state index in [1.165, 1.54) is 0 Å². The van der Waals surface area contributed by atoms with E-state index in [1.54, 1.807) is 6.92 Å². The van der Waals surface area contributed by atoms with Gasteiger partial charge in [0, 0.05) is 12.1 Å². The molecule has 0 rings (SSSR count). The van der Waals surface area contributed by atoms with Crippen LogP contribution in [-0.2, 0) is 19.3 Å². The third-order valence-corrected chi connectivity index (χ3v) is 2.47. The Morgan fingerprint density at radius 1 is 1.20 bits per heavy atom. The number of nitrogens with zero attached hydrogens (tertiary/aromatic N) is 1. The molecule has 0 bridgehead atoms. The van der Waals surface area contributed by atoms with Crippen molar-refractivity contribution in [3.63, 3.8) is 0 Å². The Morgan fingerprint density at radius 3 is 2.40 bits per heavy atom. The van der Waals surface area contributed by atoms with E-state index in [1.807, 2.05) is 13.8 Å². The molecule has 20 heavy (non-hydrogen) atoms. The highest BCUT2D eigenvalue weighted by Crippen LogP contribution is 1.91. The molecule has 7 heteroatoms. The van der Waals surface area contributed by atoms with Crippen LogP contribution in [0.5, 0.6) is 0 Å². The van der Waals surface area contributed by atoms with Crippen LogP contribution in [0.25, 0.3) is 0 Å². The molecule has 0 fully saturated rings. The Labute approximate surface area is 119 Å². The molecule has 1 N–H and O–H groups in total. The van der Waals surface area contributed by atoms with Crippen LogP contribution in [-0.4, -0.2) is 56.4 Å². The van der Waals surface area contributed by atoms with Crippen molar-refractivity contribution >= 4 is 12.1 Å². The zero-order valence-corrected chi connectivity index (χ0v) is 12.4. The SMILES string of the molecule is C=C(C)C(=O)OCCNC(=O)OOCCN(CC)CC. The van der Waals surface area contributed by atoms with Crippen LogP contribution < -0.4 is 5.32 Å². The number of esters is 1. The van der Waals surface area contributed by atoms with Gasteiger partial charge in [0.15, 0.2) is 0 Å². The molecule has 0 unspecified atom stereocenters. The van der Waals surface area contributed by atoms with Crippen LogP contribution in [0.1, 0.15) is 20.8 Å². The van der Waals surface area contributed by atoms with Gasteiger partial charge >= 0.3 is 12.1 Å². The van der Waals surface area contributed by atoms with Crippen LogP contribution >= 0.6 is 0 Å². The fourth-order valence-corrected chi connectivity index (χ4v) is 1.25. The van der Waals surface area contributed by atoms with Crippen LogP contribution in [0.4, 0.5) is 4.79 Å². The van der Waals surface area contributed by atoms with Gasteiger partial charge in [-0.15, -0.1) is 0 Å². The molecule has 1 amide bonds. The molecule has 7 nitrogen and oxygen atoms in total. The maximum absolute atomic E-state index is 11.2. The lowest BCUT2D eigenvalue weighted by Gasteiger charge is -2.16. The van der Waals surface area contributed by atoms with E-state index in [4.69, 9.17) is 9.62 Å². The average molecular weight is 288 g/mol. The van der Waals surface area contributed by atoms with E-state index < -0.39 is 12.1 Å². The predicted molar refractivity (Wildman–Crippen MR) is 74.0 cm³/mol. The lowest BCUT2D eigenvalue weighted by Crippen LogP contribution is -2.31. The first-order valence-corrected chi connectivity index (χ1v) is 6.63. The fourth-order valence-electron chi connectivity index (χ4n) is 1.25. The van der Waals surface area contributed by atoms with Gasteiger partial charge in [0.05, 0.1) is 6.54 Å². The lowest BCUT2D eigenvalue weighted by molar-refractivity contribution is -0.240. The maximum atomic E-state index is 11.2. The highest BCUT2D eigenvalue weighted by Gasteiger charge is 2.06. The number of ether oxygens (including phenoxy) is 1. The minimum Gasteiger partial charge on any atom is -0.460 e. The third kappa shape index (κ3) is 9.35. The van der Waals surface area contributed by atoms with Crippen molar-refractivity contribution in [2.45, 2.75) is 20.8 Å². The molecule has 0 aliphatic heterocycles. The average Bonchev–Trinajstić information content (AvgIpc) is 2.43. The van der Waals surface area contributed by atoms with Crippen LogP contribution in [0, 0.1) is 0 Å². The van der Waals surface area contributed by atoms with Crippen LogP contribution in [0.2, 0.25) is 0 Å². The molecule has 0 saturated carbocycles. The molecule has 0 aliphatic rings. The number of nitrogens with one attached hydrogen (secondary N) is 1. The molecule has 0 radical (unpaired) electrons. The number of likely N-dealkylation sites (N-methyl/N-ethyl adjacent to an activating group) is 1. The number of hydrogen-bond donors (Lipinski definition) is 1. The molecule has 0 aliphatic carbocycles. The molecule has 0 heterocycles. The van der Waals surface area contributed by atoms with Gasteiger partial charge in [0.2, 0.25) is 0 Å². The Bertz CT molecular complexity index is 316. The van der Waals surface area contributed by atoms with Gasteiger partial charge in [0.25, 0.3) is 0 Å². The van der Waals surface area contributed by atoms with Crippen molar-refractivity contribution in [1.29, 1.82) is 0 Å². The van der Waals surface area contributed by atoms with Gasteiger partial charge in [-0.25, -0.2) is 9.59 Å². The number of amides is 1. The summed E-state index contributed by atoms with van der Waals surface area (Å²) in [6.45, 7) is 12.1. The van der Waals surface area contributed by atoms with Gasteiger partial charge in [-0.1, -0.05) is 20.4 Å². The second-order valence-corrected chi connectivity index (χ2v) is 4.06. The fraction of sp³-hybridized carbons (Fsp3) is 0.692. The minimum absolute atomic E-state index is 0.0558. The van der Waals surface area contributed by atoms with Gasteiger partial charge in [-0.05, 0) is 20.0 Å². The van der Waals surface area contributed by atoms with Crippen molar-refractivity contribution < 1.29 is 24.1 Å². The maximum Gasteiger partial charge on any atom is 0.438 e. The summed E-state index contributed by atoms with van der Waals surface area (Å²) in [5, 5.41) is 2.39. The largest absolute Gasteiger partial charge is 0.460 e. The van der Waals surface area contributed by atoms with Crippen LogP contribution in [0.3, 0.4) is 0 Å². The molecular formula is C13H24N2O5. The molecule has 0 aromatic carbocycles. The van der Waals surface area contributed by atoms with Crippen LogP contribution in [0.15, 0.2) is 12.2 Å². The molecular weight excluding hydrogens is 264 g/mol. The molecule has 0 atom stereocenters. The number of rotatable bonds is 10. The summed E-state index contributed by atoms with van der Waals surface area (Å²) in [5.41, 5.74) is 0.312. The minimum atomic E-state index is -0.712. The van der Waals surface area contributed by atoms with Gasteiger partial charge in [-0.3, -0.25) is 4.89 Å². The number of carbonyl (C=O) groups is 2. The summed E-state index contributed by atoms with van der Waals surface area (Å²) in [6.07, 6.45) is -0.712. The highest BCUT2D eigenvalue weighted by molar-refractivity contribution is 5.86. The zero-order chi connectivity index (χ0) is 15.4. The summed E-state index contributed by atoms with van der Waals surface area (Å²) >= 11 is 0. The second-order valence-electron chi connectivity index (χ2n) is 4.06. The van der Waals surface area contributed by atoms with Gasteiger partial charge in [-0.2, -0.15) is 4.89 Å². The van der Waals surface area contributed by atoms with E-state index in [9.17, 15) is 9.59 Å². The summed E-state index contributed by atoms with van der Waals surface area (Å²) in [4.78, 5) is 33.6. The van der Waals surface area contributed by atoms with Crippen molar-refractivity contribution in [3.05, 3.63) is 12.2 Å². The van der Waals surface area contributed by atoms with Gasteiger partial charge < -0.3 is 15.0 Å². The Morgan fingerprint density at radius 2 is 1.85 bits per heavy atom. The third-order valence-electron chi connectivity index (χ3n) is 2.47. The molecule has 0 spiro atoms. The summed E-state index contributed by atoms with van der Waals surface area (Å²) in [6, 6.07) is 0. The first-order chi connectivity index (χ1) is 9.51. The number of carbonyl (C=O) groups excluding carboxylic acids is 2. The first kappa shape index (κ1) is 18.4. The lowest BCUT2D eigenvalue weighted by atomic mass is 10.4. The monoisotopic (exact) mass is 288 g/mol. The molecule has 0 aromatic rings. The standard InChI is InChI=1S/C13H24N2O5/c1-5-15(6-2)8-10-19-20-13(17)14-7-9-18-12(16)11(3)4/h3,5-10H2,1-2,4H3,(H,14,17). The normalized spacial score (nSPS) is 10.2. The number of hydrogen-bond acceptors (Lipinski definition) is 6. The van der Waals surface area contributed by atoms with E-state index in [0.717, 1.165) is 13.1 Å². The molecule has 116 valence electrons. The second kappa shape index (κ2) is 11.2. The molecule has 0 aromatic heterocycles. The van der Waals surface area contributed by atoms with E-state index in [2.05, 4.69) is 21.7 Å². The summed E-state index contributed by atoms with van der Waals surface area (Å²) in [5.74, 6) is -0.490. The topological polar surface area (TPSA) is 77.1 Å². The van der Waals surface area contributed by atoms with Crippen molar-refractivity contribution in [3.8, 4) is 0 Å². The van der Waals surface area contributed by atoms with Gasteiger partial charge in [0.1, 0.15) is 13.2 Å². The van der Waals surface area contributed by atoms with Crippen molar-refractivity contribution in [1.82, 2.24) is 10.2 Å². The van der Waals surface area contributed by atoms with Crippen molar-refractivity contribution in [2.75, 3.05) is 39.4 Å². The highest BCUT2D eigenvalue weighted by atomic mass is 17.2. The molecule has 0 saturated heterocycles. The Balaban J connectivity index is 3.50. The smallest absolute Gasteiger partial charge is 0.438 e. The van der Waals surface area contributed by atoms with E-state index in [0.29, 0.717) is 18.7 Å². The van der Waals surface area contributed by atoms with Crippen molar-refractivity contribution in [2.24, 2.45) is 0 Å². The quantitative estimate of drug-likeness (QED) is 0.213. The Hall–Kier alpha value is -1.60. The predicted octanol–water partition coefficient (Wildman–Crippen LogP) is 1.11. The summed E-state index contributed by atoms with van der Waals surface area (Å²) in [7, 11) is 0.